The molecule has 23 heavy (non-hydrogen) atoms. The summed E-state index contributed by atoms with van der Waals surface area (Å²) in [6.07, 6.45) is 6.54. The lowest BCUT2D eigenvalue weighted by molar-refractivity contribution is 0.323. The average Bonchev–Trinajstić information content (AvgIpc) is 2.61. The molecule has 3 nitrogen and oxygen atoms in total. The SMILES string of the molecule is COc1cc(CCC[CH]Cc2ccccc2)cc(OC)c1OC. The highest BCUT2D eigenvalue weighted by Gasteiger charge is 2.12. The fourth-order valence-electron chi connectivity index (χ4n) is 2.61. The van der Waals surface area contributed by atoms with E-state index in [-0.39, 0.29) is 0 Å². The lowest BCUT2D eigenvalue weighted by Gasteiger charge is -2.14. The van der Waals surface area contributed by atoms with E-state index in [1.807, 2.05) is 18.2 Å². The monoisotopic (exact) mass is 313 g/mol. The number of ether oxygens (including phenoxy) is 3. The topological polar surface area (TPSA) is 27.7 Å². The molecule has 0 amide bonds. The van der Waals surface area contributed by atoms with Crippen LogP contribution in [0, 0.1) is 6.42 Å². The van der Waals surface area contributed by atoms with Crippen molar-refractivity contribution in [3.8, 4) is 17.2 Å². The molecule has 2 rings (SSSR count). The summed E-state index contributed by atoms with van der Waals surface area (Å²) in [6, 6.07) is 14.6. The Kier molecular flexibility index (Phi) is 6.79. The van der Waals surface area contributed by atoms with Gasteiger partial charge in [0.15, 0.2) is 11.5 Å². The molecule has 0 unspecified atom stereocenters. The van der Waals surface area contributed by atoms with Crippen molar-refractivity contribution in [3.05, 3.63) is 60.0 Å². The van der Waals surface area contributed by atoms with E-state index in [4.69, 9.17) is 14.2 Å². The van der Waals surface area contributed by atoms with Gasteiger partial charge in [-0.05, 0) is 55.4 Å². The first-order chi connectivity index (χ1) is 11.3. The van der Waals surface area contributed by atoms with E-state index >= 15 is 0 Å². The number of benzene rings is 2. The molecule has 123 valence electrons. The molecule has 0 aromatic heterocycles. The van der Waals surface area contributed by atoms with Crippen LogP contribution in [0.5, 0.6) is 17.2 Å². The Bertz CT molecular complexity index is 568. The van der Waals surface area contributed by atoms with Crippen LogP contribution in [0.1, 0.15) is 24.0 Å². The van der Waals surface area contributed by atoms with E-state index in [0.29, 0.717) is 5.75 Å². The van der Waals surface area contributed by atoms with E-state index in [0.717, 1.165) is 37.2 Å². The van der Waals surface area contributed by atoms with Crippen LogP contribution in [0.4, 0.5) is 0 Å². The van der Waals surface area contributed by atoms with Gasteiger partial charge in [0.1, 0.15) is 0 Å². The molecule has 0 spiro atoms. The number of methoxy groups -OCH3 is 3. The summed E-state index contributed by atoms with van der Waals surface area (Å²) in [4.78, 5) is 0. The van der Waals surface area contributed by atoms with Crippen LogP contribution in [-0.4, -0.2) is 21.3 Å². The molecule has 0 saturated heterocycles. The van der Waals surface area contributed by atoms with Crippen LogP contribution in [0.3, 0.4) is 0 Å². The lowest BCUT2D eigenvalue weighted by atomic mass is 10.0. The van der Waals surface area contributed by atoms with Gasteiger partial charge in [0, 0.05) is 0 Å². The maximum absolute atomic E-state index is 5.39. The third-order valence-electron chi connectivity index (χ3n) is 3.82. The first kappa shape index (κ1) is 17.2. The molecule has 0 fully saturated rings. The van der Waals surface area contributed by atoms with Crippen LogP contribution in [0.15, 0.2) is 42.5 Å². The first-order valence-corrected chi connectivity index (χ1v) is 7.93. The van der Waals surface area contributed by atoms with Crippen molar-refractivity contribution in [1.82, 2.24) is 0 Å². The highest BCUT2D eigenvalue weighted by molar-refractivity contribution is 5.53. The molecular formula is C20H25O3. The third kappa shape index (κ3) is 4.92. The maximum Gasteiger partial charge on any atom is 0.203 e. The molecule has 0 bridgehead atoms. The van der Waals surface area contributed by atoms with Gasteiger partial charge in [-0.25, -0.2) is 0 Å². The Hall–Kier alpha value is -2.16. The highest BCUT2D eigenvalue weighted by atomic mass is 16.5. The molecule has 2 aromatic rings. The van der Waals surface area contributed by atoms with Crippen molar-refractivity contribution in [2.75, 3.05) is 21.3 Å². The van der Waals surface area contributed by atoms with Crippen LogP contribution in [-0.2, 0) is 12.8 Å². The van der Waals surface area contributed by atoms with Crippen molar-refractivity contribution < 1.29 is 14.2 Å². The lowest BCUT2D eigenvalue weighted by Crippen LogP contribution is -1.97. The van der Waals surface area contributed by atoms with Crippen LogP contribution >= 0.6 is 0 Å². The largest absolute Gasteiger partial charge is 0.493 e. The summed E-state index contributed by atoms with van der Waals surface area (Å²) in [5.74, 6) is 2.08. The molecular weight excluding hydrogens is 288 g/mol. The Labute approximate surface area is 139 Å². The van der Waals surface area contributed by atoms with E-state index in [2.05, 4.69) is 30.7 Å². The van der Waals surface area contributed by atoms with E-state index < -0.39 is 0 Å². The second-order valence-corrected chi connectivity index (χ2v) is 5.40. The van der Waals surface area contributed by atoms with Gasteiger partial charge in [0.05, 0.1) is 21.3 Å². The van der Waals surface area contributed by atoms with Gasteiger partial charge >= 0.3 is 0 Å². The van der Waals surface area contributed by atoms with Crippen LogP contribution in [0.2, 0.25) is 0 Å². The van der Waals surface area contributed by atoms with Crippen molar-refractivity contribution in [3.63, 3.8) is 0 Å². The molecule has 2 aromatic carbocycles. The van der Waals surface area contributed by atoms with Gasteiger partial charge in [-0.1, -0.05) is 30.3 Å². The first-order valence-electron chi connectivity index (χ1n) is 7.93. The summed E-state index contributed by atoms with van der Waals surface area (Å²) >= 11 is 0. The Morgan fingerprint density at radius 3 is 2.04 bits per heavy atom. The Morgan fingerprint density at radius 1 is 0.826 bits per heavy atom. The molecule has 0 aliphatic heterocycles. The number of aryl methyl sites for hydroxylation is 1. The second kappa shape index (κ2) is 9.09. The number of unbranched alkanes of at least 4 members (excludes halogenated alkanes) is 2. The fourth-order valence-corrected chi connectivity index (χ4v) is 2.61. The average molecular weight is 313 g/mol. The fraction of sp³-hybridized carbons (Fsp3) is 0.350. The minimum atomic E-state index is 0.648. The zero-order valence-corrected chi connectivity index (χ0v) is 14.2. The van der Waals surface area contributed by atoms with E-state index in [1.165, 1.54) is 11.1 Å². The van der Waals surface area contributed by atoms with E-state index in [9.17, 15) is 0 Å². The molecule has 0 aliphatic rings. The van der Waals surface area contributed by atoms with Crippen LogP contribution < -0.4 is 14.2 Å². The molecule has 0 N–H and O–H groups in total. The normalized spacial score (nSPS) is 10.4. The van der Waals surface area contributed by atoms with E-state index in [1.54, 1.807) is 21.3 Å². The molecule has 0 aliphatic carbocycles. The van der Waals surface area contributed by atoms with Crippen molar-refractivity contribution in [1.29, 1.82) is 0 Å². The third-order valence-corrected chi connectivity index (χ3v) is 3.82. The van der Waals surface area contributed by atoms with Crippen molar-refractivity contribution in [2.24, 2.45) is 0 Å². The number of hydrogen-bond acceptors (Lipinski definition) is 3. The highest BCUT2D eigenvalue weighted by Crippen LogP contribution is 2.38. The molecule has 0 heterocycles. The Morgan fingerprint density at radius 2 is 1.48 bits per heavy atom. The minimum absolute atomic E-state index is 0.648. The predicted molar refractivity (Wildman–Crippen MR) is 93.5 cm³/mol. The molecule has 0 atom stereocenters. The predicted octanol–water partition coefficient (Wildman–Crippen LogP) is 4.48. The smallest absolute Gasteiger partial charge is 0.203 e. The van der Waals surface area contributed by atoms with Crippen LogP contribution in [0.25, 0.3) is 0 Å². The van der Waals surface area contributed by atoms with Gasteiger partial charge in [0.25, 0.3) is 0 Å². The quantitative estimate of drug-likeness (QED) is 0.639. The molecule has 3 heteroatoms. The van der Waals surface area contributed by atoms with Crippen molar-refractivity contribution in [2.45, 2.75) is 25.7 Å². The summed E-state index contributed by atoms with van der Waals surface area (Å²) in [5.41, 5.74) is 2.56. The minimum Gasteiger partial charge on any atom is -0.493 e. The van der Waals surface area contributed by atoms with Gasteiger partial charge in [0.2, 0.25) is 5.75 Å². The summed E-state index contributed by atoms with van der Waals surface area (Å²) in [5, 5.41) is 0. The number of rotatable bonds is 9. The van der Waals surface area contributed by atoms with Gasteiger partial charge in [-0.2, -0.15) is 0 Å². The summed E-state index contributed by atoms with van der Waals surface area (Å²) < 4.78 is 16.1. The zero-order chi connectivity index (χ0) is 16.5. The van der Waals surface area contributed by atoms with Gasteiger partial charge < -0.3 is 14.2 Å². The second-order valence-electron chi connectivity index (χ2n) is 5.40. The molecule has 1 radical (unpaired) electrons. The van der Waals surface area contributed by atoms with Gasteiger partial charge in [-0.3, -0.25) is 0 Å². The number of hydrogen-bond donors (Lipinski definition) is 0. The van der Waals surface area contributed by atoms with Gasteiger partial charge in [-0.15, -0.1) is 0 Å². The maximum atomic E-state index is 5.39. The summed E-state index contributed by atoms with van der Waals surface area (Å²) in [6.45, 7) is 0. The van der Waals surface area contributed by atoms with Crippen molar-refractivity contribution >= 4 is 0 Å². The zero-order valence-electron chi connectivity index (χ0n) is 14.2. The molecule has 0 saturated carbocycles. The standard InChI is InChI=1S/C20H25O3/c1-21-18-14-17(15-19(22-2)20(18)23-3)13-9-5-8-12-16-10-6-4-7-11-16/h4,6-8,10-11,14-15H,5,9,12-13H2,1-3H3. The Balaban J connectivity index is 1.85. The summed E-state index contributed by atoms with van der Waals surface area (Å²) in [7, 11) is 4.92.